The van der Waals surface area contributed by atoms with Crippen LogP contribution >= 0.6 is 0 Å². The van der Waals surface area contributed by atoms with Gasteiger partial charge in [-0.3, -0.25) is 19.3 Å². The highest BCUT2D eigenvalue weighted by atomic mass is 17.2. The van der Waals surface area contributed by atoms with E-state index in [1.165, 1.54) is 13.8 Å². The minimum atomic E-state index is -1.88. The molecule has 0 aromatic carbocycles. The number of carbonyl (C=O) groups excluding carboxylic acids is 4. The molecular weight excluding hydrogens is 342 g/mol. The zero-order valence-corrected chi connectivity index (χ0v) is 14.5. The molecule has 5 atom stereocenters. The lowest BCUT2D eigenvalue weighted by atomic mass is 9.93. The van der Waals surface area contributed by atoms with E-state index in [1.54, 1.807) is 0 Å². The van der Waals surface area contributed by atoms with E-state index >= 15 is 0 Å². The van der Waals surface area contributed by atoms with Crippen molar-refractivity contribution in [3.05, 3.63) is 0 Å². The lowest BCUT2D eigenvalue weighted by Gasteiger charge is -2.47. The molecule has 11 heteroatoms. The van der Waals surface area contributed by atoms with Gasteiger partial charge in [-0.15, -0.1) is 4.89 Å². The molecule has 0 aromatic rings. The third kappa shape index (κ3) is 5.57. The Labute approximate surface area is 143 Å². The Morgan fingerprint density at radius 1 is 0.920 bits per heavy atom. The predicted molar refractivity (Wildman–Crippen MR) is 77.4 cm³/mol. The Kier molecular flexibility index (Phi) is 6.70. The van der Waals surface area contributed by atoms with Gasteiger partial charge in [-0.05, 0) is 13.8 Å². The van der Waals surface area contributed by atoms with Gasteiger partial charge < -0.3 is 24.7 Å². The second kappa shape index (κ2) is 8.12. The lowest BCUT2D eigenvalue weighted by molar-refractivity contribution is -0.445. The number of hydrogen-bond acceptors (Lipinski definition) is 10. The van der Waals surface area contributed by atoms with Crippen LogP contribution < -0.4 is 5.73 Å². The Bertz CT molecular complexity index is 550. The van der Waals surface area contributed by atoms with E-state index in [4.69, 9.17) is 29.6 Å². The van der Waals surface area contributed by atoms with Crippen molar-refractivity contribution < 1.29 is 47.9 Å². The van der Waals surface area contributed by atoms with E-state index in [-0.39, 0.29) is 0 Å². The van der Waals surface area contributed by atoms with E-state index in [2.05, 4.69) is 4.89 Å². The van der Waals surface area contributed by atoms with Gasteiger partial charge in [0.1, 0.15) is 0 Å². The molecule has 11 nitrogen and oxygen atoms in total. The number of carbonyl (C=O) groups is 4. The van der Waals surface area contributed by atoms with Crippen molar-refractivity contribution in [3.63, 3.8) is 0 Å². The van der Waals surface area contributed by atoms with Crippen LogP contribution in [0.4, 0.5) is 4.79 Å². The molecule has 0 spiro atoms. The Hall–Kier alpha value is -2.40. The molecule has 142 valence electrons. The summed E-state index contributed by atoms with van der Waals surface area (Å²) in [5.74, 6) is -4.05. The monoisotopic (exact) mass is 363 g/mol. The normalized spacial score (nSPS) is 31.6. The minimum Gasteiger partial charge on any atom is -0.456 e. The SMILES string of the molecule is CC(=O)O[C@H]1[C@H](OC(C)=O)[C@@H](C)O[C@@](C)(OOC(N)=O)[C@@H]1OC(C)=O. The second-order valence-electron chi connectivity index (χ2n) is 5.50. The Morgan fingerprint density at radius 3 is 1.84 bits per heavy atom. The second-order valence-corrected chi connectivity index (χ2v) is 5.50. The van der Waals surface area contributed by atoms with Gasteiger partial charge in [-0.1, -0.05) is 0 Å². The topological polar surface area (TPSA) is 150 Å². The molecule has 0 aromatic heterocycles. The maximum Gasteiger partial charge on any atom is 0.436 e. The number of rotatable bonds is 5. The smallest absolute Gasteiger partial charge is 0.436 e. The van der Waals surface area contributed by atoms with Crippen molar-refractivity contribution in [2.24, 2.45) is 5.73 Å². The van der Waals surface area contributed by atoms with Crippen LogP contribution in [0, 0.1) is 0 Å². The first-order chi connectivity index (χ1) is 11.5. The van der Waals surface area contributed by atoms with Gasteiger partial charge in [0.15, 0.2) is 18.3 Å². The standard InChI is InChI=1S/C14H21NO10/c1-6-10(20-7(2)16)11(21-8(3)17)12(22-9(4)18)14(5,23-6)25-24-13(15)19/h6,10-12H,1-5H3,(H2,15,19)/t6-,10-,11+,12-,14+/m1/s1. The quantitative estimate of drug-likeness (QED) is 0.304. The van der Waals surface area contributed by atoms with Crippen LogP contribution in [0.2, 0.25) is 0 Å². The first-order valence-corrected chi connectivity index (χ1v) is 7.31. The molecule has 0 aliphatic carbocycles. The van der Waals surface area contributed by atoms with Crippen LogP contribution in [0.5, 0.6) is 0 Å². The highest BCUT2D eigenvalue weighted by Crippen LogP contribution is 2.36. The van der Waals surface area contributed by atoms with Gasteiger partial charge in [0.2, 0.25) is 0 Å². The summed E-state index contributed by atoms with van der Waals surface area (Å²) in [6.45, 7) is 6.15. The van der Waals surface area contributed by atoms with Crippen LogP contribution in [0.1, 0.15) is 34.6 Å². The molecule has 1 saturated heterocycles. The predicted octanol–water partition coefficient (Wildman–Crippen LogP) is -0.0567. The maximum atomic E-state index is 11.5. The molecule has 0 saturated carbocycles. The summed E-state index contributed by atoms with van der Waals surface area (Å²) in [5.41, 5.74) is 4.85. The maximum absolute atomic E-state index is 11.5. The van der Waals surface area contributed by atoms with Crippen LogP contribution in [0.3, 0.4) is 0 Å². The van der Waals surface area contributed by atoms with Crippen molar-refractivity contribution in [3.8, 4) is 0 Å². The first-order valence-electron chi connectivity index (χ1n) is 7.31. The fourth-order valence-corrected chi connectivity index (χ4v) is 2.46. The minimum absolute atomic E-state index is 0.669. The summed E-state index contributed by atoms with van der Waals surface area (Å²) in [5, 5.41) is 0. The largest absolute Gasteiger partial charge is 0.456 e. The van der Waals surface area contributed by atoms with E-state index in [0.717, 1.165) is 20.8 Å². The van der Waals surface area contributed by atoms with Crippen molar-refractivity contribution >= 4 is 24.0 Å². The van der Waals surface area contributed by atoms with E-state index in [0.29, 0.717) is 0 Å². The van der Waals surface area contributed by atoms with E-state index < -0.39 is 54.2 Å². The van der Waals surface area contributed by atoms with Crippen LogP contribution in [0.15, 0.2) is 0 Å². The number of primary amides is 1. The number of amides is 1. The summed E-state index contributed by atoms with van der Waals surface area (Å²) in [4.78, 5) is 54.3. The summed E-state index contributed by atoms with van der Waals surface area (Å²) in [7, 11) is 0. The van der Waals surface area contributed by atoms with Crippen molar-refractivity contribution in [1.82, 2.24) is 0 Å². The summed E-state index contributed by atoms with van der Waals surface area (Å²) >= 11 is 0. The van der Waals surface area contributed by atoms with Crippen LogP contribution in [-0.4, -0.2) is 54.2 Å². The van der Waals surface area contributed by atoms with Gasteiger partial charge >= 0.3 is 24.0 Å². The third-order valence-electron chi connectivity index (χ3n) is 3.21. The van der Waals surface area contributed by atoms with Crippen LogP contribution in [-0.2, 0) is 43.1 Å². The molecule has 0 radical (unpaired) electrons. The number of esters is 3. The molecule has 25 heavy (non-hydrogen) atoms. The zero-order chi connectivity index (χ0) is 19.4. The fraction of sp³-hybridized carbons (Fsp3) is 0.714. The molecule has 1 aliphatic heterocycles. The lowest BCUT2D eigenvalue weighted by Crippen LogP contribution is -2.66. The van der Waals surface area contributed by atoms with Gasteiger partial charge in [-0.25, -0.2) is 4.79 Å². The van der Waals surface area contributed by atoms with Crippen LogP contribution in [0.25, 0.3) is 0 Å². The molecule has 0 unspecified atom stereocenters. The Balaban J connectivity index is 3.26. The van der Waals surface area contributed by atoms with E-state index in [9.17, 15) is 19.2 Å². The molecule has 2 N–H and O–H groups in total. The van der Waals surface area contributed by atoms with Crippen molar-refractivity contribution in [1.29, 1.82) is 0 Å². The van der Waals surface area contributed by atoms with Gasteiger partial charge in [0.25, 0.3) is 5.79 Å². The van der Waals surface area contributed by atoms with E-state index in [1.807, 2.05) is 0 Å². The summed E-state index contributed by atoms with van der Waals surface area (Å²) in [6, 6.07) is 0. The molecule has 1 heterocycles. The van der Waals surface area contributed by atoms with Gasteiger partial charge in [0.05, 0.1) is 6.10 Å². The molecular formula is C14H21NO10. The number of ether oxygens (including phenoxy) is 4. The van der Waals surface area contributed by atoms with Gasteiger partial charge in [-0.2, -0.15) is 0 Å². The molecule has 0 bridgehead atoms. The van der Waals surface area contributed by atoms with Gasteiger partial charge in [0, 0.05) is 20.8 Å². The summed E-state index contributed by atoms with van der Waals surface area (Å²) in [6.07, 6.45) is -5.95. The third-order valence-corrected chi connectivity index (χ3v) is 3.21. The Morgan fingerprint density at radius 2 is 1.40 bits per heavy atom. The van der Waals surface area contributed by atoms with Crippen molar-refractivity contribution in [2.75, 3.05) is 0 Å². The number of hydrogen-bond donors (Lipinski definition) is 1. The molecule has 1 amide bonds. The van der Waals surface area contributed by atoms with Crippen molar-refractivity contribution in [2.45, 2.75) is 64.8 Å². The summed E-state index contributed by atoms with van der Waals surface area (Å²) < 4.78 is 21.0. The first kappa shape index (κ1) is 20.6. The highest BCUT2D eigenvalue weighted by molar-refractivity contribution is 5.68. The highest BCUT2D eigenvalue weighted by Gasteiger charge is 2.58. The number of nitrogens with two attached hydrogens (primary N) is 1. The molecule has 1 aliphatic rings. The average Bonchev–Trinajstić information content (AvgIpc) is 2.44. The molecule has 1 rings (SSSR count). The fourth-order valence-electron chi connectivity index (χ4n) is 2.46. The molecule has 1 fully saturated rings. The average molecular weight is 363 g/mol. The zero-order valence-electron chi connectivity index (χ0n) is 14.5.